The predicted molar refractivity (Wildman–Crippen MR) is 107 cm³/mol. The molecule has 1 N–H and O–H groups in total. The Kier molecular flexibility index (Phi) is 8.02. The lowest BCUT2D eigenvalue weighted by Gasteiger charge is -2.17. The number of esters is 1. The second-order valence-corrected chi connectivity index (χ2v) is 7.81. The average molecular weight is 358 g/mol. The lowest BCUT2D eigenvalue weighted by atomic mass is 10.0. The Morgan fingerprint density at radius 3 is 2.28 bits per heavy atom. The maximum absolute atomic E-state index is 12.0. The normalized spacial score (nSPS) is 12.2. The van der Waals surface area contributed by atoms with E-state index in [4.69, 9.17) is 4.74 Å². The maximum atomic E-state index is 12.0. The van der Waals surface area contributed by atoms with Gasteiger partial charge in [-0.2, -0.15) is 0 Å². The van der Waals surface area contributed by atoms with Crippen LogP contribution in [0, 0.1) is 0 Å². The van der Waals surface area contributed by atoms with Crippen LogP contribution in [0.25, 0.3) is 11.1 Å². The standard InChI is InChI=1S/C21H27NO2S/c1-16(2)25-15-22-20(21(23)24-3)14-11-17-9-12-19(13-10-17)18-7-5-4-6-8-18/h4-10,12-13,16,20,22H,11,14-15H2,1-3H3/t20-/m0/s1. The summed E-state index contributed by atoms with van der Waals surface area (Å²) in [4.78, 5) is 12.0. The molecule has 4 heteroatoms. The monoisotopic (exact) mass is 357 g/mol. The summed E-state index contributed by atoms with van der Waals surface area (Å²) in [7, 11) is 1.45. The molecule has 1 atom stereocenters. The third kappa shape index (κ3) is 6.56. The van der Waals surface area contributed by atoms with Crippen molar-refractivity contribution in [2.45, 2.75) is 38.0 Å². The van der Waals surface area contributed by atoms with Crippen molar-refractivity contribution in [1.82, 2.24) is 5.32 Å². The molecule has 0 aliphatic heterocycles. The van der Waals surface area contributed by atoms with Gasteiger partial charge in [0.1, 0.15) is 6.04 Å². The quantitative estimate of drug-likeness (QED) is 0.529. The second-order valence-electron chi connectivity index (χ2n) is 6.24. The number of carbonyl (C=O) groups excluding carboxylic acids is 1. The molecule has 0 bridgehead atoms. The minimum atomic E-state index is -0.259. The van der Waals surface area contributed by atoms with Gasteiger partial charge in [-0.05, 0) is 29.5 Å². The molecule has 0 aromatic heterocycles. The number of hydrogen-bond acceptors (Lipinski definition) is 4. The van der Waals surface area contributed by atoms with Crippen LogP contribution in [0.15, 0.2) is 54.6 Å². The fourth-order valence-corrected chi connectivity index (χ4v) is 3.20. The van der Waals surface area contributed by atoms with E-state index < -0.39 is 0 Å². The highest BCUT2D eigenvalue weighted by molar-refractivity contribution is 7.99. The van der Waals surface area contributed by atoms with Crippen molar-refractivity contribution in [2.75, 3.05) is 13.0 Å². The van der Waals surface area contributed by atoms with Crippen LogP contribution in [0.3, 0.4) is 0 Å². The van der Waals surface area contributed by atoms with E-state index in [0.717, 1.165) is 18.7 Å². The van der Waals surface area contributed by atoms with Crippen molar-refractivity contribution in [2.24, 2.45) is 0 Å². The van der Waals surface area contributed by atoms with Gasteiger partial charge >= 0.3 is 5.97 Å². The SMILES string of the molecule is COC(=O)[C@H](CCc1ccc(-c2ccccc2)cc1)NCSC(C)C. The Bertz CT molecular complexity index is 641. The largest absolute Gasteiger partial charge is 0.468 e. The van der Waals surface area contributed by atoms with Crippen molar-refractivity contribution in [1.29, 1.82) is 0 Å². The van der Waals surface area contributed by atoms with Crippen LogP contribution in [-0.2, 0) is 16.0 Å². The molecule has 0 amide bonds. The molecule has 0 saturated heterocycles. The number of carbonyl (C=O) groups is 1. The summed E-state index contributed by atoms with van der Waals surface area (Å²) in [6.45, 7) is 4.29. The van der Waals surface area contributed by atoms with Crippen LogP contribution >= 0.6 is 11.8 Å². The average Bonchev–Trinajstić information content (AvgIpc) is 2.64. The summed E-state index contributed by atoms with van der Waals surface area (Å²) < 4.78 is 4.92. The van der Waals surface area contributed by atoms with Crippen LogP contribution in [0.1, 0.15) is 25.8 Å². The maximum Gasteiger partial charge on any atom is 0.322 e. The molecule has 134 valence electrons. The number of aryl methyl sites for hydroxylation is 1. The Morgan fingerprint density at radius 1 is 1.04 bits per heavy atom. The van der Waals surface area contributed by atoms with Gasteiger partial charge in [0.25, 0.3) is 0 Å². The van der Waals surface area contributed by atoms with E-state index in [1.54, 1.807) is 11.8 Å². The Labute approximate surface area is 155 Å². The van der Waals surface area contributed by atoms with Gasteiger partial charge in [0.05, 0.1) is 7.11 Å². The molecule has 0 aliphatic carbocycles. The number of hydrogen-bond donors (Lipinski definition) is 1. The first-order valence-corrected chi connectivity index (χ1v) is 9.72. The van der Waals surface area contributed by atoms with Gasteiger partial charge in [-0.1, -0.05) is 68.4 Å². The van der Waals surface area contributed by atoms with Gasteiger partial charge in [0.2, 0.25) is 0 Å². The molecule has 0 radical (unpaired) electrons. The van der Waals surface area contributed by atoms with Crippen molar-refractivity contribution < 1.29 is 9.53 Å². The van der Waals surface area contributed by atoms with Gasteiger partial charge in [-0.25, -0.2) is 0 Å². The smallest absolute Gasteiger partial charge is 0.322 e. The minimum Gasteiger partial charge on any atom is -0.468 e. The van der Waals surface area contributed by atoms with Gasteiger partial charge in [0.15, 0.2) is 0 Å². The molecule has 0 fully saturated rings. The minimum absolute atomic E-state index is 0.190. The number of rotatable bonds is 9. The highest BCUT2D eigenvalue weighted by Gasteiger charge is 2.18. The fourth-order valence-electron chi connectivity index (χ4n) is 2.57. The molecule has 0 unspecified atom stereocenters. The summed E-state index contributed by atoms with van der Waals surface area (Å²) in [5, 5.41) is 3.84. The van der Waals surface area contributed by atoms with Crippen molar-refractivity contribution >= 4 is 17.7 Å². The first kappa shape index (κ1) is 19.5. The number of benzene rings is 2. The van der Waals surface area contributed by atoms with E-state index in [9.17, 15) is 4.79 Å². The third-order valence-corrected chi connectivity index (χ3v) is 5.01. The summed E-state index contributed by atoms with van der Waals surface area (Å²) in [5.74, 6) is 0.565. The Balaban J connectivity index is 1.91. The molecule has 0 spiro atoms. The van der Waals surface area contributed by atoms with Crippen LogP contribution < -0.4 is 5.32 Å². The molecule has 0 aliphatic rings. The van der Waals surface area contributed by atoms with Gasteiger partial charge in [0, 0.05) is 11.1 Å². The van der Waals surface area contributed by atoms with Crippen LogP contribution in [0.2, 0.25) is 0 Å². The van der Waals surface area contributed by atoms with Gasteiger partial charge in [-0.3, -0.25) is 10.1 Å². The highest BCUT2D eigenvalue weighted by Crippen LogP contribution is 2.20. The first-order chi connectivity index (χ1) is 12.1. The third-order valence-electron chi connectivity index (χ3n) is 4.01. The molecule has 2 rings (SSSR count). The molecule has 2 aromatic carbocycles. The van der Waals surface area contributed by atoms with Crippen molar-refractivity contribution in [3.63, 3.8) is 0 Å². The zero-order valence-electron chi connectivity index (χ0n) is 15.2. The van der Waals surface area contributed by atoms with E-state index in [1.807, 2.05) is 18.2 Å². The van der Waals surface area contributed by atoms with Crippen LogP contribution in [-0.4, -0.2) is 30.2 Å². The lowest BCUT2D eigenvalue weighted by molar-refractivity contribution is -0.143. The molecule has 3 nitrogen and oxygen atoms in total. The van der Waals surface area contributed by atoms with Crippen LogP contribution in [0.5, 0.6) is 0 Å². The molecule has 25 heavy (non-hydrogen) atoms. The number of thioether (sulfide) groups is 1. The molecular weight excluding hydrogens is 330 g/mol. The molecule has 0 saturated carbocycles. The Morgan fingerprint density at radius 2 is 1.68 bits per heavy atom. The fraction of sp³-hybridized carbons (Fsp3) is 0.381. The molecule has 0 heterocycles. The predicted octanol–water partition coefficient (Wildman–Crippen LogP) is 4.52. The highest BCUT2D eigenvalue weighted by atomic mass is 32.2. The second kappa shape index (κ2) is 10.3. The zero-order valence-corrected chi connectivity index (χ0v) is 16.0. The van der Waals surface area contributed by atoms with E-state index in [0.29, 0.717) is 5.25 Å². The van der Waals surface area contributed by atoms with E-state index in [-0.39, 0.29) is 12.0 Å². The summed E-state index contributed by atoms with van der Waals surface area (Å²) in [5.41, 5.74) is 3.65. The molecular formula is C21H27NO2S. The van der Waals surface area contributed by atoms with Gasteiger partial charge in [-0.15, -0.1) is 11.8 Å². The van der Waals surface area contributed by atoms with Crippen molar-refractivity contribution in [3.8, 4) is 11.1 Å². The van der Waals surface area contributed by atoms with Gasteiger partial charge < -0.3 is 4.74 Å². The van der Waals surface area contributed by atoms with E-state index in [2.05, 4.69) is 55.6 Å². The number of nitrogens with one attached hydrogen (secondary N) is 1. The summed E-state index contributed by atoms with van der Waals surface area (Å²) in [6.07, 6.45) is 1.57. The Hall–Kier alpha value is -1.78. The van der Waals surface area contributed by atoms with Crippen molar-refractivity contribution in [3.05, 3.63) is 60.2 Å². The zero-order chi connectivity index (χ0) is 18.1. The van der Waals surface area contributed by atoms with E-state index in [1.165, 1.54) is 23.8 Å². The summed E-state index contributed by atoms with van der Waals surface area (Å²) >= 11 is 1.79. The first-order valence-electron chi connectivity index (χ1n) is 8.67. The van der Waals surface area contributed by atoms with E-state index >= 15 is 0 Å². The topological polar surface area (TPSA) is 38.3 Å². The number of methoxy groups -OCH3 is 1. The molecule has 2 aromatic rings. The summed E-state index contributed by atoms with van der Waals surface area (Å²) in [6, 6.07) is 18.6. The lowest BCUT2D eigenvalue weighted by Crippen LogP contribution is -2.38. The van der Waals surface area contributed by atoms with Crippen LogP contribution in [0.4, 0.5) is 0 Å². The number of ether oxygens (including phenoxy) is 1.